The summed E-state index contributed by atoms with van der Waals surface area (Å²) in [5.74, 6) is 0.636. The number of ether oxygens (including phenoxy) is 3. The Morgan fingerprint density at radius 2 is 1.46 bits per heavy atom. The fraction of sp³-hybridized carbons (Fsp3) is 0.296. The van der Waals surface area contributed by atoms with E-state index in [9.17, 15) is 14.8 Å². The van der Waals surface area contributed by atoms with Crippen molar-refractivity contribution in [2.45, 2.75) is 31.5 Å². The summed E-state index contributed by atoms with van der Waals surface area (Å²) < 4.78 is 29.2. The van der Waals surface area contributed by atoms with Crippen molar-refractivity contribution in [3.8, 4) is 11.5 Å². The van der Waals surface area contributed by atoms with Gasteiger partial charge in [-0.05, 0) is 23.1 Å². The number of fused-ring (bicyclic) bond motifs is 1. The van der Waals surface area contributed by atoms with Gasteiger partial charge in [-0.2, -0.15) is 0 Å². The molecule has 0 aromatic heterocycles. The fourth-order valence-electron chi connectivity index (χ4n) is 4.72. The molecule has 0 radical (unpaired) electrons. The second-order valence-corrected chi connectivity index (χ2v) is 8.98. The van der Waals surface area contributed by atoms with Crippen LogP contribution < -0.4 is 20.4 Å². The molecule has 0 heterocycles. The topological polar surface area (TPSA) is 104 Å². The minimum Gasteiger partial charge on any atom is -0.496 e. The molecule has 0 aliphatic heterocycles. The maximum Gasteiger partial charge on any atom is 0.491 e. The Bertz CT molecular complexity index is 1190. The predicted octanol–water partition coefficient (Wildman–Crippen LogP) is 1.80. The number of carbonyl (C=O) groups excluding carboxylic acids is 1. The highest BCUT2D eigenvalue weighted by atomic mass is 16.6. The van der Waals surface area contributed by atoms with E-state index in [4.69, 9.17) is 23.5 Å². The Balaban J connectivity index is 1.78. The number of hydrogen-bond donors (Lipinski definition) is 2. The van der Waals surface area contributed by atoms with Gasteiger partial charge < -0.3 is 33.6 Å². The molecular weight excluding hydrogens is 474 g/mol. The van der Waals surface area contributed by atoms with Gasteiger partial charge in [0, 0.05) is 30.9 Å². The third-order valence-electron chi connectivity index (χ3n) is 6.45. The van der Waals surface area contributed by atoms with Gasteiger partial charge >= 0.3 is 20.2 Å². The predicted molar refractivity (Wildman–Crippen MR) is 140 cm³/mol. The van der Waals surface area contributed by atoms with Crippen molar-refractivity contribution >= 4 is 31.1 Å². The molecule has 0 fully saturated rings. The van der Waals surface area contributed by atoms with Gasteiger partial charge in [-0.15, -0.1) is 0 Å². The molecule has 3 aromatic carbocycles. The molecule has 0 spiro atoms. The van der Waals surface area contributed by atoms with Crippen molar-refractivity contribution in [1.82, 2.24) is 0 Å². The lowest BCUT2D eigenvalue weighted by molar-refractivity contribution is -0.150. The fourth-order valence-corrected chi connectivity index (χ4v) is 4.72. The molecule has 4 rings (SSSR count). The van der Waals surface area contributed by atoms with Crippen LogP contribution in [-0.2, 0) is 25.3 Å². The molecule has 0 bridgehead atoms. The van der Waals surface area contributed by atoms with Gasteiger partial charge in [-0.25, -0.2) is 0 Å². The third kappa shape index (κ3) is 6.17. The van der Waals surface area contributed by atoms with Crippen LogP contribution >= 0.6 is 0 Å². The normalized spacial score (nSPS) is 18.5. The molecule has 37 heavy (non-hydrogen) atoms. The van der Waals surface area contributed by atoms with Crippen LogP contribution in [0, 0.1) is 0 Å². The van der Waals surface area contributed by atoms with E-state index in [1.165, 1.54) is 6.92 Å². The lowest BCUT2D eigenvalue weighted by Gasteiger charge is -2.43. The standard InChI is InChI=1S/C27H30B2O8/c1-19(30)35-18-27(37-29(32)21-12-8-5-9-13-21)16-22-23(33-2)14-15-24(34-3)26(22)25(17-27)36-28(31)20-10-6-4-7-11-20/h4-15,25,31-32H,16-18H2,1-3H3. The first-order valence-electron chi connectivity index (χ1n) is 12.0. The second kappa shape index (κ2) is 11.8. The minimum absolute atomic E-state index is 0.146. The number of methoxy groups -OCH3 is 2. The van der Waals surface area contributed by atoms with Gasteiger partial charge in [0.1, 0.15) is 18.1 Å². The molecule has 0 amide bonds. The van der Waals surface area contributed by atoms with E-state index in [0.29, 0.717) is 33.6 Å². The average molecular weight is 504 g/mol. The highest BCUT2D eigenvalue weighted by Crippen LogP contribution is 2.47. The van der Waals surface area contributed by atoms with Crippen molar-refractivity contribution in [1.29, 1.82) is 0 Å². The highest BCUT2D eigenvalue weighted by molar-refractivity contribution is 6.60. The largest absolute Gasteiger partial charge is 0.496 e. The molecule has 192 valence electrons. The van der Waals surface area contributed by atoms with E-state index in [0.717, 1.165) is 0 Å². The summed E-state index contributed by atoms with van der Waals surface area (Å²) in [6.45, 7) is 1.17. The zero-order valence-electron chi connectivity index (χ0n) is 21.1. The summed E-state index contributed by atoms with van der Waals surface area (Å²) >= 11 is 0. The van der Waals surface area contributed by atoms with E-state index in [-0.39, 0.29) is 19.4 Å². The van der Waals surface area contributed by atoms with E-state index in [2.05, 4.69) is 0 Å². The van der Waals surface area contributed by atoms with E-state index in [1.54, 1.807) is 62.8 Å². The van der Waals surface area contributed by atoms with Gasteiger partial charge in [-0.3, -0.25) is 4.79 Å². The van der Waals surface area contributed by atoms with Crippen molar-refractivity contribution in [3.63, 3.8) is 0 Å². The molecule has 10 heteroatoms. The van der Waals surface area contributed by atoms with E-state index < -0.39 is 31.9 Å². The summed E-state index contributed by atoms with van der Waals surface area (Å²) in [5.41, 5.74) is 1.34. The zero-order valence-corrected chi connectivity index (χ0v) is 21.1. The molecule has 1 aliphatic carbocycles. The monoisotopic (exact) mass is 504 g/mol. The van der Waals surface area contributed by atoms with Crippen LogP contribution in [0.2, 0.25) is 0 Å². The van der Waals surface area contributed by atoms with E-state index in [1.807, 2.05) is 24.3 Å². The van der Waals surface area contributed by atoms with Gasteiger partial charge in [0.15, 0.2) is 0 Å². The van der Waals surface area contributed by atoms with Gasteiger partial charge in [0.05, 0.1) is 25.9 Å². The highest BCUT2D eigenvalue weighted by Gasteiger charge is 2.47. The molecule has 0 saturated heterocycles. The SMILES string of the molecule is COc1ccc(OC)c2c1CC(COC(C)=O)(OB(O)c1ccccc1)CC2OB(O)c1ccccc1. The van der Waals surface area contributed by atoms with Crippen molar-refractivity contribution in [3.05, 3.63) is 83.9 Å². The van der Waals surface area contributed by atoms with Crippen LogP contribution in [0.15, 0.2) is 72.8 Å². The Hall–Kier alpha value is -3.30. The number of benzene rings is 3. The number of hydrogen-bond acceptors (Lipinski definition) is 8. The first-order valence-corrected chi connectivity index (χ1v) is 12.0. The van der Waals surface area contributed by atoms with Crippen LogP contribution in [0.1, 0.15) is 30.6 Å². The Morgan fingerprint density at radius 1 is 0.892 bits per heavy atom. The van der Waals surface area contributed by atoms with Crippen LogP contribution in [-0.4, -0.2) is 56.7 Å². The molecule has 2 atom stereocenters. The minimum atomic E-state index is -1.30. The number of carbonyl (C=O) groups is 1. The third-order valence-corrected chi connectivity index (χ3v) is 6.45. The Morgan fingerprint density at radius 3 is 2.03 bits per heavy atom. The number of rotatable bonds is 10. The van der Waals surface area contributed by atoms with Gasteiger partial charge in [0.25, 0.3) is 0 Å². The summed E-state index contributed by atoms with van der Waals surface area (Å²) in [5, 5.41) is 22.0. The van der Waals surface area contributed by atoms with Crippen molar-refractivity contribution < 1.29 is 38.4 Å². The molecule has 3 aromatic rings. The summed E-state index contributed by atoms with van der Waals surface area (Å²) in [4.78, 5) is 11.8. The zero-order chi connectivity index (χ0) is 26.4. The van der Waals surface area contributed by atoms with Gasteiger partial charge in [0.2, 0.25) is 0 Å². The van der Waals surface area contributed by atoms with Gasteiger partial charge in [-0.1, -0.05) is 60.7 Å². The molecule has 1 aliphatic rings. The maximum absolute atomic E-state index is 11.8. The first kappa shape index (κ1) is 26.8. The molecule has 0 saturated carbocycles. The lowest BCUT2D eigenvalue weighted by atomic mass is 9.72. The Labute approximate surface area is 217 Å². The average Bonchev–Trinajstić information content (AvgIpc) is 2.92. The summed E-state index contributed by atoms with van der Waals surface area (Å²) in [7, 11) is 0.565. The van der Waals surface area contributed by atoms with E-state index >= 15 is 0 Å². The van der Waals surface area contributed by atoms with Crippen molar-refractivity contribution in [2.75, 3.05) is 20.8 Å². The van der Waals surface area contributed by atoms with Crippen LogP contribution in [0.4, 0.5) is 0 Å². The smallest absolute Gasteiger partial charge is 0.491 e. The van der Waals surface area contributed by atoms with Crippen molar-refractivity contribution in [2.24, 2.45) is 0 Å². The first-order chi connectivity index (χ1) is 17.9. The molecule has 2 unspecified atom stereocenters. The molecular formula is C27H30B2O8. The van der Waals surface area contributed by atoms with Crippen LogP contribution in [0.3, 0.4) is 0 Å². The summed E-state index contributed by atoms with van der Waals surface area (Å²) in [6, 6.07) is 21.5. The molecule has 8 nitrogen and oxygen atoms in total. The summed E-state index contributed by atoms with van der Waals surface area (Å²) in [6.07, 6.45) is -0.353. The number of esters is 1. The molecule has 2 N–H and O–H groups in total. The van der Waals surface area contributed by atoms with Crippen LogP contribution in [0.5, 0.6) is 11.5 Å². The second-order valence-electron chi connectivity index (χ2n) is 8.98. The quantitative estimate of drug-likeness (QED) is 0.319. The Kier molecular flexibility index (Phi) is 8.56. The maximum atomic E-state index is 11.8. The lowest BCUT2D eigenvalue weighted by Crippen LogP contribution is -2.52. The van der Waals surface area contributed by atoms with Crippen LogP contribution in [0.25, 0.3) is 0 Å².